The maximum Gasteiger partial charge on any atom is 0.416 e. The van der Waals surface area contributed by atoms with Crippen LogP contribution in [-0.2, 0) is 11.0 Å². The van der Waals surface area contributed by atoms with Gasteiger partial charge in [0, 0.05) is 19.1 Å². The summed E-state index contributed by atoms with van der Waals surface area (Å²) in [5, 5.41) is 0. The zero-order chi connectivity index (χ0) is 17.0. The second-order valence-corrected chi connectivity index (χ2v) is 5.92. The van der Waals surface area contributed by atoms with E-state index in [1.54, 1.807) is 4.90 Å². The summed E-state index contributed by atoms with van der Waals surface area (Å²) in [5.41, 5.74) is 5.08. The zero-order valence-electron chi connectivity index (χ0n) is 13.0. The molecular weight excluding hydrogens is 309 g/mol. The highest BCUT2D eigenvalue weighted by Gasteiger charge is 2.31. The van der Waals surface area contributed by atoms with Gasteiger partial charge in [-0.25, -0.2) is 0 Å². The van der Waals surface area contributed by atoms with Crippen molar-refractivity contribution in [3.63, 3.8) is 0 Å². The van der Waals surface area contributed by atoms with Gasteiger partial charge in [0.2, 0.25) is 0 Å². The first-order valence-corrected chi connectivity index (χ1v) is 7.61. The van der Waals surface area contributed by atoms with Gasteiger partial charge >= 0.3 is 6.18 Å². The van der Waals surface area contributed by atoms with Gasteiger partial charge < -0.3 is 15.4 Å². The molecule has 2 N–H and O–H groups in total. The lowest BCUT2D eigenvalue weighted by Crippen LogP contribution is -2.46. The molecule has 1 aliphatic heterocycles. The van der Waals surface area contributed by atoms with Crippen molar-refractivity contribution in [2.45, 2.75) is 32.0 Å². The third-order valence-corrected chi connectivity index (χ3v) is 4.08. The summed E-state index contributed by atoms with van der Waals surface area (Å²) in [5.74, 6) is 0.0583. The monoisotopic (exact) mass is 330 g/mol. The fraction of sp³-hybridized carbons (Fsp3) is 0.562. The first kappa shape index (κ1) is 17.6. The summed E-state index contributed by atoms with van der Waals surface area (Å²) in [4.78, 5) is 13.8. The number of nitrogens with two attached hydrogens (primary N) is 1. The lowest BCUT2D eigenvalue weighted by Gasteiger charge is -2.34. The van der Waals surface area contributed by atoms with Gasteiger partial charge in [0.15, 0.2) is 6.61 Å². The number of halogens is 3. The average molecular weight is 330 g/mol. The van der Waals surface area contributed by atoms with Crippen molar-refractivity contribution in [1.82, 2.24) is 4.90 Å². The molecule has 128 valence electrons. The van der Waals surface area contributed by atoms with E-state index in [1.807, 2.05) is 6.92 Å². The Labute approximate surface area is 133 Å². The van der Waals surface area contributed by atoms with Crippen LogP contribution in [0.5, 0.6) is 5.75 Å². The van der Waals surface area contributed by atoms with E-state index < -0.39 is 11.7 Å². The van der Waals surface area contributed by atoms with Gasteiger partial charge in [0.1, 0.15) is 5.75 Å². The number of likely N-dealkylation sites (tertiary alicyclic amines) is 1. The summed E-state index contributed by atoms with van der Waals surface area (Å²) >= 11 is 0. The molecule has 0 radical (unpaired) electrons. The van der Waals surface area contributed by atoms with Gasteiger partial charge in [-0.3, -0.25) is 4.79 Å². The first-order valence-electron chi connectivity index (χ1n) is 7.61. The minimum absolute atomic E-state index is 0.00925. The van der Waals surface area contributed by atoms with Gasteiger partial charge in [0.05, 0.1) is 5.56 Å². The second-order valence-electron chi connectivity index (χ2n) is 5.92. The summed E-state index contributed by atoms with van der Waals surface area (Å²) < 4.78 is 43.1. The predicted octanol–water partition coefficient (Wildman–Crippen LogP) is 2.67. The highest BCUT2D eigenvalue weighted by atomic mass is 19.4. The molecule has 1 heterocycles. The standard InChI is InChI=1S/C16H21F3N2O2/c1-11(20)12-4-3-7-21(9-12)15(22)10-23-14-6-2-5-13(8-14)16(17,18)19/h2,5-6,8,11-12H,3-4,7,9-10,20H2,1H3/t11-,12-/m0/s1. The normalized spacial score (nSPS) is 20.2. The maximum absolute atomic E-state index is 12.6. The zero-order valence-corrected chi connectivity index (χ0v) is 13.0. The Hall–Kier alpha value is -1.76. The molecule has 0 aliphatic carbocycles. The van der Waals surface area contributed by atoms with Crippen molar-refractivity contribution in [2.24, 2.45) is 11.7 Å². The van der Waals surface area contributed by atoms with Crippen LogP contribution in [0, 0.1) is 5.92 Å². The van der Waals surface area contributed by atoms with Gasteiger partial charge in [-0.2, -0.15) is 13.2 Å². The van der Waals surface area contributed by atoms with Crippen LogP contribution >= 0.6 is 0 Å². The van der Waals surface area contributed by atoms with E-state index in [0.29, 0.717) is 13.1 Å². The number of ether oxygens (including phenoxy) is 1. The predicted molar refractivity (Wildman–Crippen MR) is 79.9 cm³/mol. The molecule has 1 aliphatic rings. The summed E-state index contributed by atoms with van der Waals surface area (Å²) in [6.45, 7) is 2.85. The van der Waals surface area contributed by atoms with Gasteiger partial charge in [-0.1, -0.05) is 6.07 Å². The molecular formula is C16H21F3N2O2. The Kier molecular flexibility index (Phi) is 5.51. The van der Waals surface area contributed by atoms with Crippen LogP contribution in [0.2, 0.25) is 0 Å². The lowest BCUT2D eigenvalue weighted by molar-refractivity contribution is -0.137. The molecule has 7 heteroatoms. The van der Waals surface area contributed by atoms with Gasteiger partial charge in [-0.15, -0.1) is 0 Å². The minimum Gasteiger partial charge on any atom is -0.484 e. The molecule has 4 nitrogen and oxygen atoms in total. The molecule has 0 unspecified atom stereocenters. The van der Waals surface area contributed by atoms with E-state index in [1.165, 1.54) is 12.1 Å². The topological polar surface area (TPSA) is 55.6 Å². The number of nitrogens with zero attached hydrogens (tertiary/aromatic N) is 1. The van der Waals surface area contributed by atoms with Crippen molar-refractivity contribution < 1.29 is 22.7 Å². The van der Waals surface area contributed by atoms with E-state index in [4.69, 9.17) is 10.5 Å². The molecule has 2 rings (SSSR count). The van der Waals surface area contributed by atoms with Crippen molar-refractivity contribution in [2.75, 3.05) is 19.7 Å². The first-order chi connectivity index (χ1) is 10.8. The van der Waals surface area contributed by atoms with Crippen LogP contribution in [0.3, 0.4) is 0 Å². The van der Waals surface area contributed by atoms with Gasteiger partial charge in [0.25, 0.3) is 5.91 Å². The van der Waals surface area contributed by atoms with Crippen molar-refractivity contribution in [3.05, 3.63) is 29.8 Å². The number of piperidine rings is 1. The molecule has 1 aromatic carbocycles. The molecule has 0 saturated carbocycles. The summed E-state index contributed by atoms with van der Waals surface area (Å²) in [6.07, 6.45) is -2.57. The Bertz CT molecular complexity index is 546. The molecule has 0 aromatic heterocycles. The van der Waals surface area contributed by atoms with Crippen molar-refractivity contribution in [3.8, 4) is 5.75 Å². The quantitative estimate of drug-likeness (QED) is 0.923. The number of alkyl halides is 3. The van der Waals surface area contributed by atoms with E-state index in [0.717, 1.165) is 25.0 Å². The SMILES string of the molecule is C[C@H](N)[C@H]1CCCN(C(=O)COc2cccc(C(F)(F)F)c2)C1. The largest absolute Gasteiger partial charge is 0.484 e. The fourth-order valence-electron chi connectivity index (χ4n) is 2.66. The number of carbonyl (C=O) groups is 1. The van der Waals surface area contributed by atoms with E-state index in [2.05, 4.69) is 0 Å². The average Bonchev–Trinajstić information content (AvgIpc) is 2.52. The number of benzene rings is 1. The Morgan fingerprint density at radius 1 is 1.48 bits per heavy atom. The smallest absolute Gasteiger partial charge is 0.416 e. The summed E-state index contributed by atoms with van der Waals surface area (Å²) in [6, 6.07) is 4.54. The third-order valence-electron chi connectivity index (χ3n) is 4.08. The highest BCUT2D eigenvalue weighted by molar-refractivity contribution is 5.77. The lowest BCUT2D eigenvalue weighted by atomic mass is 9.92. The number of hydrogen-bond acceptors (Lipinski definition) is 3. The maximum atomic E-state index is 12.6. The van der Waals surface area contributed by atoms with Gasteiger partial charge in [-0.05, 0) is 43.9 Å². The Balaban J connectivity index is 1.92. The highest BCUT2D eigenvalue weighted by Crippen LogP contribution is 2.31. The molecule has 1 saturated heterocycles. The molecule has 1 fully saturated rings. The van der Waals surface area contributed by atoms with Crippen LogP contribution in [-0.4, -0.2) is 36.5 Å². The fourth-order valence-corrected chi connectivity index (χ4v) is 2.66. The Morgan fingerprint density at radius 2 is 2.22 bits per heavy atom. The van der Waals surface area contributed by atoms with Crippen molar-refractivity contribution >= 4 is 5.91 Å². The Morgan fingerprint density at radius 3 is 2.87 bits per heavy atom. The number of rotatable bonds is 4. The van der Waals surface area contributed by atoms with Crippen LogP contribution in [0.25, 0.3) is 0 Å². The van der Waals surface area contributed by atoms with E-state index >= 15 is 0 Å². The van der Waals surface area contributed by atoms with Crippen LogP contribution in [0.1, 0.15) is 25.3 Å². The second kappa shape index (κ2) is 7.21. The molecule has 0 bridgehead atoms. The van der Waals surface area contributed by atoms with Crippen LogP contribution in [0.15, 0.2) is 24.3 Å². The molecule has 0 spiro atoms. The van der Waals surface area contributed by atoms with E-state index in [9.17, 15) is 18.0 Å². The molecule has 2 atom stereocenters. The summed E-state index contributed by atoms with van der Waals surface area (Å²) in [7, 11) is 0. The number of amides is 1. The molecule has 1 aromatic rings. The molecule has 23 heavy (non-hydrogen) atoms. The van der Waals surface area contributed by atoms with E-state index in [-0.39, 0.29) is 30.2 Å². The van der Waals surface area contributed by atoms with Crippen molar-refractivity contribution in [1.29, 1.82) is 0 Å². The van der Waals surface area contributed by atoms with Crippen LogP contribution in [0.4, 0.5) is 13.2 Å². The number of hydrogen-bond donors (Lipinski definition) is 1. The number of carbonyl (C=O) groups excluding carboxylic acids is 1. The third kappa shape index (κ3) is 4.86. The van der Waals surface area contributed by atoms with Crippen LogP contribution < -0.4 is 10.5 Å². The molecule has 1 amide bonds. The minimum atomic E-state index is -4.43.